The molecular formula is C6H9ClO. The highest BCUT2D eigenvalue weighted by atomic mass is 35.5. The van der Waals surface area contributed by atoms with E-state index in [0.717, 1.165) is 0 Å². The van der Waals surface area contributed by atoms with E-state index in [0.29, 0.717) is 12.8 Å². The van der Waals surface area contributed by atoms with Crippen molar-refractivity contribution in [1.82, 2.24) is 0 Å². The minimum absolute atomic E-state index is 0.279. The van der Waals surface area contributed by atoms with Crippen LogP contribution in [-0.2, 0) is 0 Å². The van der Waals surface area contributed by atoms with Crippen molar-refractivity contribution in [3.63, 3.8) is 0 Å². The maximum Gasteiger partial charge on any atom is 0.0684 e. The molecular weight excluding hydrogens is 124 g/mol. The van der Waals surface area contributed by atoms with E-state index in [1.165, 1.54) is 0 Å². The van der Waals surface area contributed by atoms with Gasteiger partial charge in [-0.15, -0.1) is 23.9 Å². The zero-order valence-electron chi connectivity index (χ0n) is 4.60. The van der Waals surface area contributed by atoms with E-state index in [4.69, 9.17) is 23.1 Å². The van der Waals surface area contributed by atoms with E-state index in [-0.39, 0.29) is 5.88 Å². The van der Waals surface area contributed by atoms with E-state index in [1.807, 2.05) is 0 Å². The molecule has 0 amide bonds. The molecule has 0 aromatic carbocycles. The zero-order chi connectivity index (χ0) is 6.41. The summed E-state index contributed by atoms with van der Waals surface area (Å²) in [6, 6.07) is 0. The van der Waals surface area contributed by atoms with Gasteiger partial charge in [0.25, 0.3) is 0 Å². The molecule has 0 aliphatic carbocycles. The molecule has 1 nitrogen and oxygen atoms in total. The summed E-state index contributed by atoms with van der Waals surface area (Å²) in [6.45, 7) is 0. The van der Waals surface area contributed by atoms with Crippen molar-refractivity contribution in [2.24, 2.45) is 0 Å². The lowest BCUT2D eigenvalue weighted by molar-refractivity contribution is 0.190. The first kappa shape index (κ1) is 7.81. The molecule has 0 aliphatic rings. The van der Waals surface area contributed by atoms with Crippen LogP contribution in [-0.4, -0.2) is 17.1 Å². The van der Waals surface area contributed by atoms with E-state index in [2.05, 4.69) is 5.92 Å². The van der Waals surface area contributed by atoms with Crippen LogP contribution in [0.5, 0.6) is 0 Å². The SMILES string of the molecule is C#CCCC(O)CCl. The third-order valence-corrected chi connectivity index (χ3v) is 1.16. The number of halogens is 1. The van der Waals surface area contributed by atoms with Crippen molar-refractivity contribution in [3.8, 4) is 12.3 Å². The lowest BCUT2D eigenvalue weighted by Gasteiger charge is -2.00. The van der Waals surface area contributed by atoms with Gasteiger partial charge >= 0.3 is 0 Å². The van der Waals surface area contributed by atoms with Crippen LogP contribution in [0.15, 0.2) is 0 Å². The second-order valence-electron chi connectivity index (χ2n) is 1.55. The Morgan fingerprint density at radius 2 is 2.38 bits per heavy atom. The van der Waals surface area contributed by atoms with Gasteiger partial charge in [0.1, 0.15) is 0 Å². The van der Waals surface area contributed by atoms with Gasteiger partial charge in [-0.1, -0.05) is 0 Å². The Bertz CT molecular complexity index is 85.0. The molecule has 0 saturated carbocycles. The summed E-state index contributed by atoms with van der Waals surface area (Å²) in [4.78, 5) is 0. The Kier molecular flexibility index (Phi) is 4.84. The number of alkyl halides is 1. The van der Waals surface area contributed by atoms with Crippen LogP contribution < -0.4 is 0 Å². The summed E-state index contributed by atoms with van der Waals surface area (Å²) in [5, 5.41) is 8.76. The summed E-state index contributed by atoms with van der Waals surface area (Å²) in [6.07, 6.45) is 5.72. The highest BCUT2D eigenvalue weighted by Crippen LogP contribution is 1.96. The van der Waals surface area contributed by atoms with E-state index in [1.54, 1.807) is 0 Å². The van der Waals surface area contributed by atoms with Crippen LogP contribution in [0.1, 0.15) is 12.8 Å². The standard InChI is InChI=1S/C6H9ClO/c1-2-3-4-6(8)5-7/h1,6,8H,3-5H2. The minimum atomic E-state index is -0.423. The molecule has 46 valence electrons. The molecule has 0 radical (unpaired) electrons. The van der Waals surface area contributed by atoms with Gasteiger partial charge in [0, 0.05) is 12.3 Å². The first-order valence-corrected chi connectivity index (χ1v) is 3.02. The van der Waals surface area contributed by atoms with Gasteiger partial charge in [-0.25, -0.2) is 0 Å². The van der Waals surface area contributed by atoms with Crippen LogP contribution in [0, 0.1) is 12.3 Å². The second kappa shape index (κ2) is 4.96. The molecule has 1 atom stereocenters. The van der Waals surface area contributed by atoms with E-state index < -0.39 is 6.10 Å². The Morgan fingerprint density at radius 3 is 2.75 bits per heavy atom. The lowest BCUT2D eigenvalue weighted by atomic mass is 10.2. The molecule has 1 N–H and O–H groups in total. The smallest absolute Gasteiger partial charge is 0.0684 e. The Labute approximate surface area is 54.7 Å². The fraction of sp³-hybridized carbons (Fsp3) is 0.667. The third-order valence-electron chi connectivity index (χ3n) is 0.800. The zero-order valence-corrected chi connectivity index (χ0v) is 5.36. The van der Waals surface area contributed by atoms with Gasteiger partial charge in [-0.2, -0.15) is 0 Å². The van der Waals surface area contributed by atoms with Crippen molar-refractivity contribution in [2.45, 2.75) is 18.9 Å². The molecule has 1 unspecified atom stereocenters. The number of rotatable bonds is 3. The average molecular weight is 133 g/mol. The van der Waals surface area contributed by atoms with Crippen molar-refractivity contribution in [2.75, 3.05) is 5.88 Å². The third kappa shape index (κ3) is 3.98. The van der Waals surface area contributed by atoms with Crippen LogP contribution in [0.4, 0.5) is 0 Å². The van der Waals surface area contributed by atoms with Gasteiger partial charge in [-0.05, 0) is 6.42 Å². The first-order valence-electron chi connectivity index (χ1n) is 2.48. The fourth-order valence-corrected chi connectivity index (χ4v) is 0.481. The van der Waals surface area contributed by atoms with Gasteiger partial charge in [0.2, 0.25) is 0 Å². The quantitative estimate of drug-likeness (QED) is 0.449. The Morgan fingerprint density at radius 1 is 1.75 bits per heavy atom. The number of hydrogen-bond donors (Lipinski definition) is 1. The molecule has 0 aliphatic heterocycles. The molecule has 0 spiro atoms. The van der Waals surface area contributed by atoms with Gasteiger partial charge in [-0.3, -0.25) is 0 Å². The number of aliphatic hydroxyl groups is 1. The maximum absolute atomic E-state index is 8.76. The molecule has 0 aromatic rings. The summed E-state index contributed by atoms with van der Waals surface area (Å²) in [5.74, 6) is 2.69. The van der Waals surface area contributed by atoms with Gasteiger partial charge in [0.15, 0.2) is 0 Å². The fourth-order valence-electron chi connectivity index (χ4n) is 0.327. The highest BCUT2D eigenvalue weighted by molar-refractivity contribution is 6.18. The largest absolute Gasteiger partial charge is 0.392 e. The van der Waals surface area contributed by atoms with Crippen molar-refractivity contribution in [1.29, 1.82) is 0 Å². The normalized spacial score (nSPS) is 12.6. The topological polar surface area (TPSA) is 20.2 Å². The van der Waals surface area contributed by atoms with E-state index >= 15 is 0 Å². The number of terminal acetylenes is 1. The lowest BCUT2D eigenvalue weighted by Crippen LogP contribution is -2.06. The summed E-state index contributed by atoms with van der Waals surface area (Å²) in [7, 11) is 0. The van der Waals surface area contributed by atoms with Gasteiger partial charge < -0.3 is 5.11 Å². The van der Waals surface area contributed by atoms with Crippen molar-refractivity contribution in [3.05, 3.63) is 0 Å². The van der Waals surface area contributed by atoms with Crippen LogP contribution in [0.25, 0.3) is 0 Å². The molecule has 0 rings (SSSR count). The van der Waals surface area contributed by atoms with Crippen LogP contribution in [0.3, 0.4) is 0 Å². The Hall–Kier alpha value is -0.190. The number of hydrogen-bond acceptors (Lipinski definition) is 1. The monoisotopic (exact) mass is 132 g/mol. The van der Waals surface area contributed by atoms with Crippen LogP contribution >= 0.6 is 11.6 Å². The van der Waals surface area contributed by atoms with Crippen LogP contribution in [0.2, 0.25) is 0 Å². The van der Waals surface area contributed by atoms with E-state index in [9.17, 15) is 0 Å². The molecule has 2 heteroatoms. The summed E-state index contributed by atoms with van der Waals surface area (Å²) < 4.78 is 0. The van der Waals surface area contributed by atoms with Gasteiger partial charge in [0.05, 0.1) is 6.10 Å². The summed E-state index contributed by atoms with van der Waals surface area (Å²) >= 11 is 5.27. The van der Waals surface area contributed by atoms with Crippen molar-refractivity contribution < 1.29 is 5.11 Å². The Balaban J connectivity index is 3.01. The number of aliphatic hydroxyl groups excluding tert-OH is 1. The molecule has 0 fully saturated rings. The predicted octanol–water partition coefficient (Wildman–Crippen LogP) is 0.999. The van der Waals surface area contributed by atoms with Crippen molar-refractivity contribution >= 4 is 11.6 Å². The molecule has 0 saturated heterocycles. The average Bonchev–Trinajstić information content (AvgIpc) is 1.83. The second-order valence-corrected chi connectivity index (χ2v) is 1.86. The highest BCUT2D eigenvalue weighted by Gasteiger charge is 1.97. The minimum Gasteiger partial charge on any atom is -0.392 e. The molecule has 8 heavy (non-hydrogen) atoms. The molecule has 0 heterocycles. The predicted molar refractivity (Wildman–Crippen MR) is 34.8 cm³/mol. The summed E-state index contributed by atoms with van der Waals surface area (Å²) in [5.41, 5.74) is 0. The first-order chi connectivity index (χ1) is 3.81. The maximum atomic E-state index is 8.76. The molecule has 0 aromatic heterocycles. The molecule has 0 bridgehead atoms.